The minimum Gasteiger partial charge on any atom is -0.312 e. The third-order valence-electron chi connectivity index (χ3n) is 3.41. The lowest BCUT2D eigenvalue weighted by molar-refractivity contribution is 0.103. The van der Waals surface area contributed by atoms with Gasteiger partial charge < -0.3 is 5.32 Å². The lowest BCUT2D eigenvalue weighted by Gasteiger charge is -2.17. The van der Waals surface area contributed by atoms with E-state index in [1.807, 2.05) is 12.1 Å². The summed E-state index contributed by atoms with van der Waals surface area (Å²) < 4.78 is 1.61. The highest BCUT2D eigenvalue weighted by Crippen LogP contribution is 2.18. The van der Waals surface area contributed by atoms with E-state index in [0.29, 0.717) is 5.69 Å². The molecule has 4 heteroatoms. The van der Waals surface area contributed by atoms with Crippen LogP contribution in [0.15, 0.2) is 30.5 Å². The van der Waals surface area contributed by atoms with Crippen molar-refractivity contribution in [1.82, 2.24) is 15.1 Å². The van der Waals surface area contributed by atoms with Gasteiger partial charge in [-0.1, -0.05) is 12.1 Å². The van der Waals surface area contributed by atoms with Crippen LogP contribution in [-0.4, -0.2) is 22.1 Å². The number of ketones is 1. The predicted octanol–water partition coefficient (Wildman–Crippen LogP) is 1.30. The van der Waals surface area contributed by atoms with Gasteiger partial charge >= 0.3 is 0 Å². The Morgan fingerprint density at radius 1 is 1.33 bits per heavy atom. The molecule has 1 aromatic carbocycles. The van der Waals surface area contributed by atoms with Crippen molar-refractivity contribution in [1.29, 1.82) is 0 Å². The largest absolute Gasteiger partial charge is 0.312 e. The van der Waals surface area contributed by atoms with Crippen LogP contribution in [0.4, 0.5) is 0 Å². The standard InChI is InChI=1S/C14H15N3O/c1-17-13(5-7-16-17)14(18)11-3-2-10-4-6-15-9-12(10)8-11/h2-3,5,7-8,15H,4,6,9H2,1H3. The quantitative estimate of drug-likeness (QED) is 0.806. The van der Waals surface area contributed by atoms with Gasteiger partial charge in [-0.05, 0) is 36.2 Å². The molecule has 0 bridgehead atoms. The minimum atomic E-state index is 0.0309. The molecule has 0 unspecified atom stereocenters. The fourth-order valence-electron chi connectivity index (χ4n) is 2.37. The van der Waals surface area contributed by atoms with Gasteiger partial charge in [0.2, 0.25) is 5.78 Å². The first-order valence-electron chi connectivity index (χ1n) is 6.11. The summed E-state index contributed by atoms with van der Waals surface area (Å²) >= 11 is 0. The number of fused-ring (bicyclic) bond motifs is 1. The summed E-state index contributed by atoms with van der Waals surface area (Å²) in [6, 6.07) is 7.73. The van der Waals surface area contributed by atoms with Crippen molar-refractivity contribution in [2.75, 3.05) is 6.54 Å². The Bertz CT molecular complexity index is 601. The summed E-state index contributed by atoms with van der Waals surface area (Å²) in [7, 11) is 1.78. The molecule has 2 heterocycles. The molecule has 1 aliphatic rings. The first kappa shape index (κ1) is 11.2. The highest BCUT2D eigenvalue weighted by molar-refractivity contribution is 6.08. The Kier molecular flexibility index (Phi) is 2.72. The Morgan fingerprint density at radius 3 is 3.00 bits per heavy atom. The number of carbonyl (C=O) groups is 1. The first-order chi connectivity index (χ1) is 8.75. The molecule has 0 saturated carbocycles. The van der Waals surface area contributed by atoms with Crippen molar-refractivity contribution in [3.63, 3.8) is 0 Å². The van der Waals surface area contributed by atoms with E-state index in [4.69, 9.17) is 0 Å². The number of hydrogen-bond acceptors (Lipinski definition) is 3. The van der Waals surface area contributed by atoms with Gasteiger partial charge in [0.25, 0.3) is 0 Å². The third kappa shape index (κ3) is 1.84. The van der Waals surface area contributed by atoms with Gasteiger partial charge in [-0.15, -0.1) is 0 Å². The Balaban J connectivity index is 1.98. The molecule has 0 fully saturated rings. The summed E-state index contributed by atoms with van der Waals surface area (Å²) in [4.78, 5) is 12.3. The van der Waals surface area contributed by atoms with E-state index >= 15 is 0 Å². The average Bonchev–Trinajstić information content (AvgIpc) is 2.83. The summed E-state index contributed by atoms with van der Waals surface area (Å²) in [5.74, 6) is 0.0309. The number of hydrogen-bond donors (Lipinski definition) is 1. The highest BCUT2D eigenvalue weighted by Gasteiger charge is 2.15. The molecule has 0 atom stereocenters. The second-order valence-corrected chi connectivity index (χ2v) is 4.58. The van der Waals surface area contributed by atoms with E-state index in [-0.39, 0.29) is 5.78 Å². The summed E-state index contributed by atoms with van der Waals surface area (Å²) in [6.07, 6.45) is 2.68. The molecule has 4 nitrogen and oxygen atoms in total. The lowest BCUT2D eigenvalue weighted by atomic mass is 9.96. The molecule has 18 heavy (non-hydrogen) atoms. The lowest BCUT2D eigenvalue weighted by Crippen LogP contribution is -2.24. The molecule has 0 saturated heterocycles. The second-order valence-electron chi connectivity index (χ2n) is 4.58. The van der Waals surface area contributed by atoms with Crippen LogP contribution in [-0.2, 0) is 20.0 Å². The van der Waals surface area contributed by atoms with Crippen molar-refractivity contribution in [2.45, 2.75) is 13.0 Å². The van der Waals surface area contributed by atoms with E-state index in [2.05, 4.69) is 16.5 Å². The molecule has 0 amide bonds. The van der Waals surface area contributed by atoms with E-state index in [1.165, 1.54) is 11.1 Å². The Hall–Kier alpha value is -1.94. The van der Waals surface area contributed by atoms with Gasteiger partial charge in [-0.3, -0.25) is 9.48 Å². The molecule has 0 aliphatic carbocycles. The maximum Gasteiger partial charge on any atom is 0.211 e. The molecule has 2 aromatic rings. The number of aromatic nitrogens is 2. The van der Waals surface area contributed by atoms with Crippen molar-refractivity contribution < 1.29 is 4.79 Å². The number of carbonyl (C=O) groups excluding carboxylic acids is 1. The smallest absolute Gasteiger partial charge is 0.211 e. The maximum atomic E-state index is 12.3. The topological polar surface area (TPSA) is 46.9 Å². The first-order valence-corrected chi connectivity index (χ1v) is 6.11. The van der Waals surface area contributed by atoms with E-state index in [0.717, 1.165) is 25.1 Å². The second kappa shape index (κ2) is 4.38. The summed E-state index contributed by atoms with van der Waals surface area (Å²) in [5.41, 5.74) is 3.93. The van der Waals surface area contributed by atoms with Gasteiger partial charge in [0, 0.05) is 25.4 Å². The average molecular weight is 241 g/mol. The van der Waals surface area contributed by atoms with Gasteiger partial charge in [0.05, 0.1) is 0 Å². The van der Waals surface area contributed by atoms with Crippen molar-refractivity contribution in [2.24, 2.45) is 7.05 Å². The number of benzene rings is 1. The van der Waals surface area contributed by atoms with Crippen LogP contribution in [0.3, 0.4) is 0 Å². The molecule has 1 aromatic heterocycles. The number of rotatable bonds is 2. The third-order valence-corrected chi connectivity index (χ3v) is 3.41. The molecule has 1 aliphatic heterocycles. The van der Waals surface area contributed by atoms with Crippen molar-refractivity contribution in [3.05, 3.63) is 52.8 Å². The predicted molar refractivity (Wildman–Crippen MR) is 68.5 cm³/mol. The van der Waals surface area contributed by atoms with Gasteiger partial charge in [-0.25, -0.2) is 0 Å². The fraction of sp³-hybridized carbons (Fsp3) is 0.286. The Morgan fingerprint density at radius 2 is 2.22 bits per heavy atom. The monoisotopic (exact) mass is 241 g/mol. The molecular formula is C14H15N3O. The number of nitrogens with zero attached hydrogens (tertiary/aromatic N) is 2. The zero-order valence-corrected chi connectivity index (χ0v) is 10.3. The molecule has 3 rings (SSSR count). The van der Waals surface area contributed by atoms with Crippen LogP contribution in [0.2, 0.25) is 0 Å². The minimum absolute atomic E-state index is 0.0309. The van der Waals surface area contributed by atoms with E-state index < -0.39 is 0 Å². The van der Waals surface area contributed by atoms with Crippen LogP contribution in [0, 0.1) is 0 Å². The molecule has 0 spiro atoms. The molecular weight excluding hydrogens is 226 g/mol. The van der Waals surface area contributed by atoms with Crippen LogP contribution >= 0.6 is 0 Å². The van der Waals surface area contributed by atoms with Crippen molar-refractivity contribution >= 4 is 5.78 Å². The van der Waals surface area contributed by atoms with Crippen LogP contribution in [0.1, 0.15) is 27.2 Å². The normalized spacial score (nSPS) is 14.3. The molecule has 1 N–H and O–H groups in total. The fourth-order valence-corrected chi connectivity index (χ4v) is 2.37. The van der Waals surface area contributed by atoms with Gasteiger partial charge in [0.15, 0.2) is 0 Å². The molecule has 0 radical (unpaired) electrons. The maximum absolute atomic E-state index is 12.3. The van der Waals surface area contributed by atoms with Crippen molar-refractivity contribution in [3.8, 4) is 0 Å². The van der Waals surface area contributed by atoms with Gasteiger partial charge in [0.1, 0.15) is 5.69 Å². The van der Waals surface area contributed by atoms with E-state index in [9.17, 15) is 4.79 Å². The van der Waals surface area contributed by atoms with Crippen LogP contribution in [0.5, 0.6) is 0 Å². The number of aryl methyl sites for hydroxylation is 1. The zero-order valence-electron chi connectivity index (χ0n) is 10.3. The number of nitrogens with one attached hydrogen (secondary N) is 1. The summed E-state index contributed by atoms with van der Waals surface area (Å²) in [6.45, 7) is 1.86. The van der Waals surface area contributed by atoms with Gasteiger partial charge in [-0.2, -0.15) is 5.10 Å². The highest BCUT2D eigenvalue weighted by atomic mass is 16.1. The van der Waals surface area contributed by atoms with Crippen LogP contribution in [0.25, 0.3) is 0 Å². The Labute approximate surface area is 106 Å². The zero-order chi connectivity index (χ0) is 12.5. The molecule has 92 valence electrons. The SMILES string of the molecule is Cn1nccc1C(=O)c1ccc2c(c1)CNCC2. The van der Waals surface area contributed by atoms with Crippen LogP contribution < -0.4 is 5.32 Å². The summed E-state index contributed by atoms with van der Waals surface area (Å²) in [5, 5.41) is 7.36. The van der Waals surface area contributed by atoms with E-state index in [1.54, 1.807) is 24.0 Å².